The quantitative estimate of drug-likeness (QED) is 0.790. The number of hydrogen-bond donors (Lipinski definition) is 1. The van der Waals surface area contributed by atoms with Crippen LogP contribution in [-0.2, 0) is 4.74 Å². The van der Waals surface area contributed by atoms with Crippen molar-refractivity contribution in [1.29, 1.82) is 0 Å². The minimum absolute atomic E-state index is 0.382. The third-order valence-electron chi connectivity index (χ3n) is 3.64. The average Bonchev–Trinajstić information content (AvgIpc) is 2.39. The molecule has 0 aliphatic carbocycles. The van der Waals surface area contributed by atoms with E-state index in [0.717, 1.165) is 43.3 Å². The van der Waals surface area contributed by atoms with Gasteiger partial charge in [-0.3, -0.25) is 4.98 Å². The largest absolute Gasteiger partial charge is 0.396 e. The Bertz CT molecular complexity index is 462. The number of nitrogens with zero attached hydrogens (tertiary/aromatic N) is 3. The number of morpholine rings is 1. The van der Waals surface area contributed by atoms with Gasteiger partial charge in [-0.2, -0.15) is 0 Å². The molecule has 0 radical (unpaired) electrons. The van der Waals surface area contributed by atoms with Crippen LogP contribution in [0.15, 0.2) is 30.7 Å². The molecule has 0 aromatic carbocycles. The van der Waals surface area contributed by atoms with Gasteiger partial charge in [0.2, 0.25) is 0 Å². The minimum atomic E-state index is 0.382. The van der Waals surface area contributed by atoms with Gasteiger partial charge in [0, 0.05) is 31.5 Å². The van der Waals surface area contributed by atoms with Crippen molar-refractivity contribution < 1.29 is 4.74 Å². The van der Waals surface area contributed by atoms with E-state index in [1.807, 2.05) is 6.07 Å². The maximum atomic E-state index is 5.98. The summed E-state index contributed by atoms with van der Waals surface area (Å²) >= 11 is 0. The molecule has 1 atom stereocenters. The lowest BCUT2D eigenvalue weighted by Gasteiger charge is -2.46. The van der Waals surface area contributed by atoms with Crippen molar-refractivity contribution in [3.63, 3.8) is 0 Å². The van der Waals surface area contributed by atoms with E-state index in [9.17, 15) is 0 Å². The third-order valence-corrected chi connectivity index (χ3v) is 3.64. The maximum Gasteiger partial charge on any atom is 0.0859 e. The molecular formula is C13H18N4O. The molecular weight excluding hydrogens is 228 g/mol. The Morgan fingerprint density at radius 2 is 2.33 bits per heavy atom. The molecule has 2 saturated heterocycles. The fourth-order valence-electron chi connectivity index (χ4n) is 2.72. The number of rotatable bonds is 1. The molecule has 1 aromatic heterocycles. The van der Waals surface area contributed by atoms with Crippen molar-refractivity contribution in [1.82, 2.24) is 9.88 Å². The maximum absolute atomic E-state index is 5.98. The lowest BCUT2D eigenvalue weighted by atomic mass is 10.1. The number of nitrogens with two attached hydrogens (primary N) is 1. The zero-order valence-electron chi connectivity index (χ0n) is 10.4. The fourth-order valence-corrected chi connectivity index (χ4v) is 2.72. The molecule has 2 aliphatic heterocycles. The van der Waals surface area contributed by atoms with E-state index in [-0.39, 0.29) is 0 Å². The van der Waals surface area contributed by atoms with Crippen LogP contribution in [0, 0.1) is 0 Å². The van der Waals surface area contributed by atoms with Crippen LogP contribution in [0.5, 0.6) is 0 Å². The molecule has 1 aromatic rings. The van der Waals surface area contributed by atoms with Gasteiger partial charge >= 0.3 is 0 Å². The summed E-state index contributed by atoms with van der Waals surface area (Å²) in [6.45, 7) is 8.35. The van der Waals surface area contributed by atoms with Crippen molar-refractivity contribution in [2.45, 2.75) is 6.04 Å². The topological polar surface area (TPSA) is 54.6 Å². The molecule has 1 unspecified atom stereocenters. The Morgan fingerprint density at radius 1 is 1.44 bits per heavy atom. The molecule has 0 spiro atoms. The standard InChI is InChI=1S/C13H18N4O/c1-10-8-18-9-11-7-16(4-5-17(10)11)13-2-3-15-6-12(13)14/h2-3,6,11H,1,4-5,7-9,14H2. The second kappa shape index (κ2) is 4.49. The van der Waals surface area contributed by atoms with E-state index in [1.165, 1.54) is 0 Å². The van der Waals surface area contributed by atoms with E-state index >= 15 is 0 Å². The number of ether oxygens (including phenoxy) is 1. The number of nitrogen functional groups attached to an aromatic ring is 1. The van der Waals surface area contributed by atoms with Gasteiger partial charge in [0.25, 0.3) is 0 Å². The number of fused-ring (bicyclic) bond motifs is 1. The second-order valence-corrected chi connectivity index (χ2v) is 4.81. The first-order valence-electron chi connectivity index (χ1n) is 6.22. The van der Waals surface area contributed by atoms with Crippen LogP contribution in [0.25, 0.3) is 0 Å². The highest BCUT2D eigenvalue weighted by atomic mass is 16.5. The highest BCUT2D eigenvalue weighted by molar-refractivity contribution is 5.66. The first-order chi connectivity index (χ1) is 8.75. The zero-order valence-corrected chi connectivity index (χ0v) is 10.4. The predicted molar refractivity (Wildman–Crippen MR) is 71.3 cm³/mol. The van der Waals surface area contributed by atoms with Crippen molar-refractivity contribution in [2.75, 3.05) is 43.5 Å². The first kappa shape index (κ1) is 11.3. The van der Waals surface area contributed by atoms with Gasteiger partial charge in [-0.15, -0.1) is 0 Å². The smallest absolute Gasteiger partial charge is 0.0859 e. The summed E-state index contributed by atoms with van der Waals surface area (Å²) in [7, 11) is 0. The fraction of sp³-hybridized carbons (Fsp3) is 0.462. The van der Waals surface area contributed by atoms with E-state index in [2.05, 4.69) is 21.4 Å². The van der Waals surface area contributed by atoms with Crippen molar-refractivity contribution >= 4 is 11.4 Å². The van der Waals surface area contributed by atoms with Crippen LogP contribution in [-0.4, -0.2) is 48.8 Å². The Balaban J connectivity index is 1.78. The molecule has 0 amide bonds. The summed E-state index contributed by atoms with van der Waals surface area (Å²) in [4.78, 5) is 8.70. The minimum Gasteiger partial charge on any atom is -0.396 e. The Labute approximate surface area is 107 Å². The van der Waals surface area contributed by atoms with Gasteiger partial charge in [0.1, 0.15) is 0 Å². The number of hydrogen-bond acceptors (Lipinski definition) is 5. The van der Waals surface area contributed by atoms with Crippen molar-refractivity contribution in [3.05, 3.63) is 30.7 Å². The average molecular weight is 246 g/mol. The SMILES string of the molecule is C=C1COCC2CN(c3ccncc3N)CCN12. The molecule has 18 heavy (non-hydrogen) atoms. The number of piperazine rings is 1. The van der Waals surface area contributed by atoms with Crippen LogP contribution in [0.3, 0.4) is 0 Å². The van der Waals surface area contributed by atoms with E-state index < -0.39 is 0 Å². The van der Waals surface area contributed by atoms with Crippen LogP contribution >= 0.6 is 0 Å². The normalized spacial score (nSPS) is 24.0. The Kier molecular flexibility index (Phi) is 2.83. The molecule has 3 heterocycles. The molecule has 96 valence electrons. The van der Waals surface area contributed by atoms with Crippen molar-refractivity contribution in [2.24, 2.45) is 0 Å². The molecule has 5 heteroatoms. The molecule has 2 N–H and O–H groups in total. The monoisotopic (exact) mass is 246 g/mol. The lowest BCUT2D eigenvalue weighted by Crippen LogP contribution is -2.57. The van der Waals surface area contributed by atoms with Crippen LogP contribution in [0.2, 0.25) is 0 Å². The van der Waals surface area contributed by atoms with E-state index in [0.29, 0.717) is 12.6 Å². The third kappa shape index (κ3) is 1.90. The summed E-state index contributed by atoms with van der Waals surface area (Å²) in [5.41, 5.74) is 8.88. The van der Waals surface area contributed by atoms with Crippen molar-refractivity contribution in [3.8, 4) is 0 Å². The van der Waals surface area contributed by atoms with Gasteiger partial charge in [-0.05, 0) is 6.07 Å². The molecule has 2 aliphatic rings. The second-order valence-electron chi connectivity index (χ2n) is 4.81. The highest BCUT2D eigenvalue weighted by Gasteiger charge is 2.31. The van der Waals surface area contributed by atoms with Gasteiger partial charge in [-0.1, -0.05) is 6.58 Å². The Morgan fingerprint density at radius 3 is 3.17 bits per heavy atom. The molecule has 0 bridgehead atoms. The number of anilines is 2. The first-order valence-corrected chi connectivity index (χ1v) is 6.22. The Hall–Kier alpha value is -1.75. The van der Waals surface area contributed by atoms with Gasteiger partial charge in [0.15, 0.2) is 0 Å². The zero-order chi connectivity index (χ0) is 12.5. The summed E-state index contributed by atoms with van der Waals surface area (Å²) in [6, 6.07) is 2.36. The van der Waals surface area contributed by atoms with E-state index in [1.54, 1.807) is 12.4 Å². The summed E-state index contributed by atoms with van der Waals surface area (Å²) in [5.74, 6) is 0. The molecule has 5 nitrogen and oxygen atoms in total. The summed E-state index contributed by atoms with van der Waals surface area (Å²) < 4.78 is 5.55. The molecule has 3 rings (SSSR count). The summed E-state index contributed by atoms with van der Waals surface area (Å²) in [5, 5.41) is 0. The number of aromatic nitrogens is 1. The predicted octanol–water partition coefficient (Wildman–Crippen LogP) is 0.698. The van der Waals surface area contributed by atoms with Crippen LogP contribution in [0.1, 0.15) is 0 Å². The molecule has 0 saturated carbocycles. The summed E-state index contributed by atoms with van der Waals surface area (Å²) in [6.07, 6.45) is 3.49. The lowest BCUT2D eigenvalue weighted by molar-refractivity contribution is 0.0233. The van der Waals surface area contributed by atoms with Crippen LogP contribution in [0.4, 0.5) is 11.4 Å². The van der Waals surface area contributed by atoms with Crippen LogP contribution < -0.4 is 10.6 Å². The highest BCUT2D eigenvalue weighted by Crippen LogP contribution is 2.27. The van der Waals surface area contributed by atoms with Gasteiger partial charge in [0.05, 0.1) is 36.8 Å². The van der Waals surface area contributed by atoms with Gasteiger partial charge < -0.3 is 20.3 Å². The molecule has 2 fully saturated rings. The van der Waals surface area contributed by atoms with Gasteiger partial charge in [-0.25, -0.2) is 0 Å². The van der Waals surface area contributed by atoms with E-state index in [4.69, 9.17) is 10.5 Å². The number of pyridine rings is 1.